The molecular weight excluding hydrogens is 338 g/mol. The summed E-state index contributed by atoms with van der Waals surface area (Å²) in [5, 5.41) is 3.97. The second-order valence-electron chi connectivity index (χ2n) is 4.03. The molecule has 0 aliphatic heterocycles. The van der Waals surface area contributed by atoms with Gasteiger partial charge in [0.25, 0.3) is 5.91 Å². The van der Waals surface area contributed by atoms with Crippen LogP contribution in [0.15, 0.2) is 21.2 Å². The number of rotatable bonds is 3. The summed E-state index contributed by atoms with van der Waals surface area (Å²) >= 11 is 6.67. The summed E-state index contributed by atoms with van der Waals surface area (Å²) < 4.78 is 5.80. The van der Waals surface area contributed by atoms with E-state index in [4.69, 9.17) is 4.42 Å². The standard InChI is InChI=1S/C11H13Br2NO2/c12-6-7-2-1-3-8(7)14-11(15)9-4-5-10(13)16-9/h4-5,7-8H,1-3,6H2,(H,14,15). The number of halogens is 2. The zero-order valence-electron chi connectivity index (χ0n) is 8.71. The normalized spacial score (nSPS) is 24.6. The van der Waals surface area contributed by atoms with E-state index >= 15 is 0 Å². The summed E-state index contributed by atoms with van der Waals surface area (Å²) in [5.41, 5.74) is 0. The molecule has 3 nitrogen and oxygen atoms in total. The summed E-state index contributed by atoms with van der Waals surface area (Å²) in [4.78, 5) is 11.8. The Morgan fingerprint density at radius 2 is 2.31 bits per heavy atom. The molecule has 1 saturated carbocycles. The Kier molecular flexibility index (Phi) is 4.08. The van der Waals surface area contributed by atoms with Gasteiger partial charge in [-0.25, -0.2) is 0 Å². The summed E-state index contributed by atoms with van der Waals surface area (Å²) in [6.45, 7) is 0. The number of hydrogen-bond acceptors (Lipinski definition) is 2. The third-order valence-corrected chi connectivity index (χ3v) is 4.23. The molecule has 1 N–H and O–H groups in total. The van der Waals surface area contributed by atoms with E-state index in [1.807, 2.05) is 0 Å². The van der Waals surface area contributed by atoms with E-state index in [0.717, 1.165) is 11.8 Å². The zero-order chi connectivity index (χ0) is 11.5. The lowest BCUT2D eigenvalue weighted by molar-refractivity contribution is 0.0901. The van der Waals surface area contributed by atoms with Crippen LogP contribution in [0.5, 0.6) is 0 Å². The molecule has 0 radical (unpaired) electrons. The minimum absolute atomic E-state index is 0.122. The number of carbonyl (C=O) groups is 1. The molecular formula is C11H13Br2NO2. The number of nitrogens with one attached hydrogen (secondary N) is 1. The van der Waals surface area contributed by atoms with Crippen molar-refractivity contribution in [3.8, 4) is 0 Å². The van der Waals surface area contributed by atoms with Crippen molar-refractivity contribution >= 4 is 37.8 Å². The van der Waals surface area contributed by atoms with Crippen LogP contribution in [0.1, 0.15) is 29.8 Å². The highest BCUT2D eigenvalue weighted by molar-refractivity contribution is 9.10. The summed E-state index contributed by atoms with van der Waals surface area (Å²) in [7, 11) is 0. The van der Waals surface area contributed by atoms with E-state index in [0.29, 0.717) is 16.3 Å². The molecule has 1 amide bonds. The maximum atomic E-state index is 11.8. The maximum absolute atomic E-state index is 11.8. The van der Waals surface area contributed by atoms with E-state index in [1.165, 1.54) is 12.8 Å². The Balaban J connectivity index is 1.97. The van der Waals surface area contributed by atoms with Crippen molar-refractivity contribution in [3.63, 3.8) is 0 Å². The van der Waals surface area contributed by atoms with Gasteiger partial charge in [-0.05, 0) is 46.8 Å². The van der Waals surface area contributed by atoms with E-state index in [-0.39, 0.29) is 11.9 Å². The first kappa shape index (κ1) is 12.2. The fourth-order valence-corrected chi connectivity index (χ4v) is 3.17. The molecule has 0 spiro atoms. The molecule has 1 heterocycles. The molecule has 1 fully saturated rings. The highest BCUT2D eigenvalue weighted by Gasteiger charge is 2.28. The largest absolute Gasteiger partial charge is 0.444 e. The molecule has 0 aromatic carbocycles. The van der Waals surface area contributed by atoms with Crippen molar-refractivity contribution < 1.29 is 9.21 Å². The predicted molar refractivity (Wildman–Crippen MR) is 68.8 cm³/mol. The minimum Gasteiger partial charge on any atom is -0.444 e. The van der Waals surface area contributed by atoms with Crippen molar-refractivity contribution in [2.24, 2.45) is 5.92 Å². The predicted octanol–water partition coefficient (Wildman–Crippen LogP) is 3.34. The van der Waals surface area contributed by atoms with Crippen LogP contribution in [0, 0.1) is 5.92 Å². The van der Waals surface area contributed by atoms with Crippen molar-refractivity contribution in [1.29, 1.82) is 0 Å². The lowest BCUT2D eigenvalue weighted by atomic mass is 10.1. The molecule has 2 atom stereocenters. The molecule has 16 heavy (non-hydrogen) atoms. The van der Waals surface area contributed by atoms with E-state index in [1.54, 1.807) is 12.1 Å². The van der Waals surface area contributed by atoms with Crippen LogP contribution in [0.25, 0.3) is 0 Å². The highest BCUT2D eigenvalue weighted by Crippen LogP contribution is 2.27. The van der Waals surface area contributed by atoms with Gasteiger partial charge in [0.2, 0.25) is 0 Å². The number of carbonyl (C=O) groups excluding carboxylic acids is 1. The van der Waals surface area contributed by atoms with Gasteiger partial charge in [0.15, 0.2) is 10.4 Å². The Morgan fingerprint density at radius 1 is 1.50 bits per heavy atom. The third kappa shape index (κ3) is 2.69. The monoisotopic (exact) mass is 349 g/mol. The molecule has 1 aliphatic carbocycles. The Bertz CT molecular complexity index is 378. The smallest absolute Gasteiger partial charge is 0.287 e. The first-order valence-corrected chi connectivity index (χ1v) is 7.24. The summed E-state index contributed by atoms with van der Waals surface area (Å²) in [5.74, 6) is 0.790. The third-order valence-electron chi connectivity index (χ3n) is 2.97. The van der Waals surface area contributed by atoms with Crippen LogP contribution in [-0.2, 0) is 0 Å². The quantitative estimate of drug-likeness (QED) is 0.849. The molecule has 1 aromatic heterocycles. The van der Waals surface area contributed by atoms with Gasteiger partial charge >= 0.3 is 0 Å². The van der Waals surface area contributed by atoms with Crippen LogP contribution >= 0.6 is 31.9 Å². The molecule has 2 rings (SSSR count). The average molecular weight is 351 g/mol. The summed E-state index contributed by atoms with van der Waals surface area (Å²) in [6.07, 6.45) is 3.42. The second kappa shape index (κ2) is 5.36. The lowest BCUT2D eigenvalue weighted by Crippen LogP contribution is -2.37. The van der Waals surface area contributed by atoms with Crippen molar-refractivity contribution in [2.45, 2.75) is 25.3 Å². The van der Waals surface area contributed by atoms with Crippen molar-refractivity contribution in [3.05, 3.63) is 22.6 Å². The molecule has 0 saturated heterocycles. The zero-order valence-corrected chi connectivity index (χ0v) is 11.9. The molecule has 2 unspecified atom stereocenters. The number of furan rings is 1. The average Bonchev–Trinajstić information content (AvgIpc) is 2.86. The maximum Gasteiger partial charge on any atom is 0.287 e. The molecule has 0 bridgehead atoms. The SMILES string of the molecule is O=C(NC1CCCC1CBr)c1ccc(Br)o1. The van der Waals surface area contributed by atoms with Crippen LogP contribution in [0.3, 0.4) is 0 Å². The van der Waals surface area contributed by atoms with Crippen LogP contribution in [0.4, 0.5) is 0 Å². The van der Waals surface area contributed by atoms with Gasteiger partial charge in [-0.15, -0.1) is 0 Å². The van der Waals surface area contributed by atoms with E-state index in [2.05, 4.69) is 37.2 Å². The van der Waals surface area contributed by atoms with Gasteiger partial charge in [-0.1, -0.05) is 22.4 Å². The lowest BCUT2D eigenvalue weighted by Gasteiger charge is -2.18. The molecule has 1 aliphatic rings. The summed E-state index contributed by atoms with van der Waals surface area (Å²) in [6, 6.07) is 3.68. The molecule has 5 heteroatoms. The van der Waals surface area contributed by atoms with Crippen molar-refractivity contribution in [2.75, 3.05) is 5.33 Å². The number of amides is 1. The van der Waals surface area contributed by atoms with Gasteiger partial charge < -0.3 is 9.73 Å². The number of alkyl halides is 1. The Morgan fingerprint density at radius 3 is 2.94 bits per heavy atom. The fraction of sp³-hybridized carbons (Fsp3) is 0.545. The number of hydrogen-bond donors (Lipinski definition) is 1. The van der Waals surface area contributed by atoms with Crippen LogP contribution in [0.2, 0.25) is 0 Å². The second-order valence-corrected chi connectivity index (χ2v) is 5.46. The van der Waals surface area contributed by atoms with E-state index in [9.17, 15) is 4.79 Å². The van der Waals surface area contributed by atoms with Gasteiger partial charge in [0.1, 0.15) is 0 Å². The van der Waals surface area contributed by atoms with Gasteiger partial charge in [-0.2, -0.15) is 0 Å². The van der Waals surface area contributed by atoms with Gasteiger partial charge in [-0.3, -0.25) is 4.79 Å². The van der Waals surface area contributed by atoms with Crippen LogP contribution in [-0.4, -0.2) is 17.3 Å². The first-order chi connectivity index (χ1) is 7.70. The van der Waals surface area contributed by atoms with E-state index < -0.39 is 0 Å². The Labute approximate surface area is 111 Å². The molecule has 88 valence electrons. The minimum atomic E-state index is -0.122. The van der Waals surface area contributed by atoms with Crippen molar-refractivity contribution in [1.82, 2.24) is 5.32 Å². The topological polar surface area (TPSA) is 42.2 Å². The molecule has 1 aromatic rings. The van der Waals surface area contributed by atoms with Gasteiger partial charge in [0.05, 0.1) is 0 Å². The fourth-order valence-electron chi connectivity index (χ4n) is 2.09. The Hall–Kier alpha value is -0.290. The first-order valence-electron chi connectivity index (χ1n) is 5.33. The van der Waals surface area contributed by atoms with Crippen LogP contribution < -0.4 is 5.32 Å². The highest BCUT2D eigenvalue weighted by atomic mass is 79.9. The van der Waals surface area contributed by atoms with Gasteiger partial charge in [0, 0.05) is 11.4 Å².